The molecule has 0 aromatic heterocycles. The van der Waals surface area contributed by atoms with Crippen LogP contribution in [-0.2, 0) is 0 Å². The van der Waals surface area contributed by atoms with Gasteiger partial charge in [0.2, 0.25) is 0 Å². The second kappa shape index (κ2) is 5.47. The number of nitrogens with two attached hydrogens (primary N) is 1. The Labute approximate surface area is 112 Å². The van der Waals surface area contributed by atoms with Gasteiger partial charge < -0.3 is 20.3 Å². The van der Waals surface area contributed by atoms with Crippen LogP contribution in [0.4, 0.5) is 0 Å². The van der Waals surface area contributed by atoms with Gasteiger partial charge in [0.05, 0.1) is 20.3 Å². The molecular formula is C15H19NO3. The third kappa shape index (κ3) is 2.50. The van der Waals surface area contributed by atoms with E-state index in [4.69, 9.17) is 15.2 Å². The standard InChI is InChI=1S/C15H19NO3/c1-9(16)15(17)12-8-11-10(7-14(12)19-3)5-4-6-13(11)18-2/h4-9,15,17H,16H2,1-3H3. The molecule has 0 aliphatic heterocycles. The number of aliphatic hydroxyl groups excluding tert-OH is 1. The van der Waals surface area contributed by atoms with Gasteiger partial charge in [-0.2, -0.15) is 0 Å². The summed E-state index contributed by atoms with van der Waals surface area (Å²) in [6.07, 6.45) is -0.774. The molecule has 0 heterocycles. The number of ether oxygens (including phenoxy) is 2. The van der Waals surface area contributed by atoms with Crippen LogP contribution in [0.3, 0.4) is 0 Å². The van der Waals surface area contributed by atoms with Crippen molar-refractivity contribution in [2.45, 2.75) is 19.1 Å². The number of hydrogen-bond acceptors (Lipinski definition) is 4. The first-order valence-corrected chi connectivity index (χ1v) is 6.16. The predicted octanol–water partition coefficient (Wildman–Crippen LogP) is 2.24. The van der Waals surface area contributed by atoms with Crippen molar-refractivity contribution in [1.82, 2.24) is 0 Å². The highest BCUT2D eigenvalue weighted by molar-refractivity contribution is 5.90. The maximum absolute atomic E-state index is 10.2. The molecule has 4 heteroatoms. The van der Waals surface area contributed by atoms with E-state index in [2.05, 4.69) is 0 Å². The molecule has 0 saturated carbocycles. The van der Waals surface area contributed by atoms with Gasteiger partial charge in [-0.05, 0) is 30.5 Å². The fourth-order valence-corrected chi connectivity index (χ4v) is 2.16. The average molecular weight is 261 g/mol. The fourth-order valence-electron chi connectivity index (χ4n) is 2.16. The van der Waals surface area contributed by atoms with Crippen LogP contribution in [0, 0.1) is 0 Å². The zero-order chi connectivity index (χ0) is 14.0. The van der Waals surface area contributed by atoms with Gasteiger partial charge in [0, 0.05) is 17.0 Å². The lowest BCUT2D eigenvalue weighted by molar-refractivity contribution is 0.149. The summed E-state index contributed by atoms with van der Waals surface area (Å²) in [5, 5.41) is 12.1. The van der Waals surface area contributed by atoms with E-state index < -0.39 is 6.10 Å². The summed E-state index contributed by atoms with van der Waals surface area (Å²) in [7, 11) is 3.21. The molecule has 0 fully saturated rings. The molecule has 0 amide bonds. The number of fused-ring (bicyclic) bond motifs is 1. The summed E-state index contributed by atoms with van der Waals surface area (Å²) in [5.74, 6) is 1.39. The van der Waals surface area contributed by atoms with Crippen LogP contribution in [0.5, 0.6) is 11.5 Å². The molecule has 19 heavy (non-hydrogen) atoms. The number of hydrogen-bond donors (Lipinski definition) is 2. The van der Waals surface area contributed by atoms with Crippen molar-refractivity contribution in [2.24, 2.45) is 5.73 Å². The Balaban J connectivity index is 2.68. The Morgan fingerprint density at radius 1 is 1.11 bits per heavy atom. The van der Waals surface area contributed by atoms with E-state index in [0.717, 1.165) is 16.5 Å². The third-order valence-electron chi connectivity index (χ3n) is 3.23. The summed E-state index contributed by atoms with van der Waals surface area (Å²) >= 11 is 0. The van der Waals surface area contributed by atoms with Crippen molar-refractivity contribution in [3.05, 3.63) is 35.9 Å². The second-order valence-corrected chi connectivity index (χ2v) is 4.58. The van der Waals surface area contributed by atoms with Crippen LogP contribution < -0.4 is 15.2 Å². The number of aliphatic hydroxyl groups is 1. The van der Waals surface area contributed by atoms with Crippen LogP contribution in [0.2, 0.25) is 0 Å². The highest BCUT2D eigenvalue weighted by Crippen LogP contribution is 2.35. The molecule has 0 aliphatic rings. The SMILES string of the molecule is COc1cc2cccc(OC)c2cc1C(O)C(C)N. The zero-order valence-electron chi connectivity index (χ0n) is 11.4. The van der Waals surface area contributed by atoms with E-state index in [9.17, 15) is 5.11 Å². The predicted molar refractivity (Wildman–Crippen MR) is 75.7 cm³/mol. The van der Waals surface area contributed by atoms with Crippen LogP contribution >= 0.6 is 0 Å². The first-order chi connectivity index (χ1) is 9.08. The van der Waals surface area contributed by atoms with E-state index >= 15 is 0 Å². The molecule has 2 atom stereocenters. The Morgan fingerprint density at radius 2 is 1.79 bits per heavy atom. The topological polar surface area (TPSA) is 64.7 Å². The van der Waals surface area contributed by atoms with E-state index in [1.807, 2.05) is 30.3 Å². The van der Waals surface area contributed by atoms with E-state index in [-0.39, 0.29) is 6.04 Å². The molecular weight excluding hydrogens is 242 g/mol. The molecule has 0 spiro atoms. The van der Waals surface area contributed by atoms with Crippen LogP contribution in [0.1, 0.15) is 18.6 Å². The van der Waals surface area contributed by atoms with Crippen molar-refractivity contribution in [3.8, 4) is 11.5 Å². The minimum absolute atomic E-state index is 0.374. The summed E-state index contributed by atoms with van der Waals surface area (Å²) in [6.45, 7) is 1.76. The van der Waals surface area contributed by atoms with E-state index in [1.165, 1.54) is 0 Å². The maximum atomic E-state index is 10.2. The molecule has 0 radical (unpaired) electrons. The van der Waals surface area contributed by atoms with Crippen LogP contribution in [-0.4, -0.2) is 25.4 Å². The Kier molecular flexibility index (Phi) is 3.93. The summed E-state index contributed by atoms with van der Waals surface area (Å²) in [6, 6.07) is 9.17. The quantitative estimate of drug-likeness (QED) is 0.886. The van der Waals surface area contributed by atoms with Crippen molar-refractivity contribution < 1.29 is 14.6 Å². The van der Waals surface area contributed by atoms with Gasteiger partial charge in [0.1, 0.15) is 11.5 Å². The van der Waals surface area contributed by atoms with Gasteiger partial charge in [-0.3, -0.25) is 0 Å². The van der Waals surface area contributed by atoms with Crippen molar-refractivity contribution in [2.75, 3.05) is 14.2 Å². The molecule has 0 bridgehead atoms. The summed E-state index contributed by atoms with van der Waals surface area (Å²) < 4.78 is 10.7. The highest BCUT2D eigenvalue weighted by Gasteiger charge is 2.19. The molecule has 0 aliphatic carbocycles. The van der Waals surface area contributed by atoms with Crippen molar-refractivity contribution in [1.29, 1.82) is 0 Å². The molecule has 4 nitrogen and oxygen atoms in total. The number of methoxy groups -OCH3 is 2. The molecule has 2 aromatic rings. The minimum atomic E-state index is -0.774. The van der Waals surface area contributed by atoms with Gasteiger partial charge in [0.25, 0.3) is 0 Å². The van der Waals surface area contributed by atoms with Gasteiger partial charge in [-0.1, -0.05) is 12.1 Å². The summed E-state index contributed by atoms with van der Waals surface area (Å²) in [4.78, 5) is 0. The molecule has 2 rings (SSSR count). The lowest BCUT2D eigenvalue weighted by Crippen LogP contribution is -2.24. The van der Waals surface area contributed by atoms with Crippen LogP contribution in [0.25, 0.3) is 10.8 Å². The zero-order valence-corrected chi connectivity index (χ0v) is 11.4. The molecule has 102 valence electrons. The first-order valence-electron chi connectivity index (χ1n) is 6.16. The number of benzene rings is 2. The first kappa shape index (κ1) is 13.6. The normalized spacial score (nSPS) is 14.2. The van der Waals surface area contributed by atoms with Gasteiger partial charge in [-0.25, -0.2) is 0 Å². The third-order valence-corrected chi connectivity index (χ3v) is 3.23. The lowest BCUT2D eigenvalue weighted by atomic mass is 9.98. The summed E-state index contributed by atoms with van der Waals surface area (Å²) in [5.41, 5.74) is 6.44. The fraction of sp³-hybridized carbons (Fsp3) is 0.333. The van der Waals surface area contributed by atoms with Gasteiger partial charge >= 0.3 is 0 Å². The molecule has 2 unspecified atom stereocenters. The van der Waals surface area contributed by atoms with Crippen molar-refractivity contribution in [3.63, 3.8) is 0 Å². The van der Waals surface area contributed by atoms with E-state index in [0.29, 0.717) is 11.3 Å². The Bertz CT molecular complexity index is 581. The monoisotopic (exact) mass is 261 g/mol. The highest BCUT2D eigenvalue weighted by atomic mass is 16.5. The Hall–Kier alpha value is -1.78. The molecule has 2 aromatic carbocycles. The van der Waals surface area contributed by atoms with Crippen LogP contribution in [0.15, 0.2) is 30.3 Å². The maximum Gasteiger partial charge on any atom is 0.126 e. The Morgan fingerprint density at radius 3 is 2.37 bits per heavy atom. The largest absolute Gasteiger partial charge is 0.496 e. The van der Waals surface area contributed by atoms with Crippen molar-refractivity contribution >= 4 is 10.8 Å². The smallest absolute Gasteiger partial charge is 0.126 e. The molecule has 0 saturated heterocycles. The molecule has 3 N–H and O–H groups in total. The second-order valence-electron chi connectivity index (χ2n) is 4.58. The lowest BCUT2D eigenvalue weighted by Gasteiger charge is -2.19. The average Bonchev–Trinajstić information content (AvgIpc) is 2.44. The van der Waals surface area contributed by atoms with Gasteiger partial charge in [0.15, 0.2) is 0 Å². The minimum Gasteiger partial charge on any atom is -0.496 e. The van der Waals surface area contributed by atoms with Gasteiger partial charge in [-0.15, -0.1) is 0 Å². The number of rotatable bonds is 4. The van der Waals surface area contributed by atoms with E-state index in [1.54, 1.807) is 21.1 Å².